The molecule has 0 radical (unpaired) electrons. The molecule has 8 nitrogen and oxygen atoms in total. The summed E-state index contributed by atoms with van der Waals surface area (Å²) in [6.45, 7) is -0.0572. The van der Waals surface area contributed by atoms with E-state index in [1.165, 1.54) is 28.4 Å². The van der Waals surface area contributed by atoms with Crippen LogP contribution in [0.2, 0.25) is 0 Å². The number of amides is 2. The standard InChI is InChI=1S/C17H13N5O3S/c18-15(23)9-22-8-10(7-19-22)20-16(24)12-5-6-13(25-12)17-21-11-3-1-2-4-14(11)26-17/h1-8H,9H2,(H2,18,23)(H,20,24). The van der Waals surface area contributed by atoms with Gasteiger partial charge in [-0.15, -0.1) is 11.3 Å². The molecule has 4 rings (SSSR count). The van der Waals surface area contributed by atoms with Gasteiger partial charge in [-0.25, -0.2) is 4.98 Å². The highest BCUT2D eigenvalue weighted by molar-refractivity contribution is 7.21. The Labute approximate surface area is 151 Å². The number of rotatable bonds is 5. The van der Waals surface area contributed by atoms with E-state index in [-0.39, 0.29) is 12.3 Å². The topological polar surface area (TPSA) is 116 Å². The number of primary amides is 1. The first kappa shape index (κ1) is 16.0. The minimum Gasteiger partial charge on any atom is -0.448 e. The molecule has 26 heavy (non-hydrogen) atoms. The highest BCUT2D eigenvalue weighted by Crippen LogP contribution is 2.31. The largest absolute Gasteiger partial charge is 0.448 e. The van der Waals surface area contributed by atoms with E-state index in [0.29, 0.717) is 16.5 Å². The van der Waals surface area contributed by atoms with Gasteiger partial charge in [-0.05, 0) is 24.3 Å². The number of anilines is 1. The lowest BCUT2D eigenvalue weighted by molar-refractivity contribution is -0.118. The van der Waals surface area contributed by atoms with E-state index in [4.69, 9.17) is 10.2 Å². The molecule has 9 heteroatoms. The van der Waals surface area contributed by atoms with Crippen molar-refractivity contribution in [2.75, 3.05) is 5.32 Å². The number of thiazole rings is 1. The van der Waals surface area contributed by atoms with Crippen molar-refractivity contribution in [1.82, 2.24) is 14.8 Å². The number of nitrogens with two attached hydrogens (primary N) is 1. The number of carbonyl (C=O) groups excluding carboxylic acids is 2. The summed E-state index contributed by atoms with van der Waals surface area (Å²) < 4.78 is 8.03. The van der Waals surface area contributed by atoms with Crippen molar-refractivity contribution in [2.45, 2.75) is 6.54 Å². The van der Waals surface area contributed by atoms with E-state index in [9.17, 15) is 9.59 Å². The van der Waals surface area contributed by atoms with E-state index in [2.05, 4.69) is 15.4 Å². The second-order valence-corrected chi connectivity index (χ2v) is 6.53. The van der Waals surface area contributed by atoms with Gasteiger partial charge >= 0.3 is 0 Å². The molecule has 3 aromatic heterocycles. The first-order valence-corrected chi connectivity index (χ1v) is 8.48. The lowest BCUT2D eigenvalue weighted by Gasteiger charge is -1.99. The monoisotopic (exact) mass is 367 g/mol. The summed E-state index contributed by atoms with van der Waals surface area (Å²) in [6, 6.07) is 11.1. The highest BCUT2D eigenvalue weighted by Gasteiger charge is 2.16. The Kier molecular flexibility index (Phi) is 3.98. The summed E-state index contributed by atoms with van der Waals surface area (Å²) in [7, 11) is 0. The van der Waals surface area contributed by atoms with Crippen LogP contribution >= 0.6 is 11.3 Å². The average Bonchev–Trinajstić information content (AvgIpc) is 3.32. The fraction of sp³-hybridized carbons (Fsp3) is 0.0588. The molecule has 0 aliphatic rings. The third-order valence-electron chi connectivity index (χ3n) is 3.54. The summed E-state index contributed by atoms with van der Waals surface area (Å²) in [5.41, 5.74) is 6.43. The van der Waals surface area contributed by atoms with Crippen molar-refractivity contribution in [3.8, 4) is 10.8 Å². The van der Waals surface area contributed by atoms with Gasteiger partial charge in [0.1, 0.15) is 6.54 Å². The third-order valence-corrected chi connectivity index (χ3v) is 4.59. The Hall–Kier alpha value is -3.46. The van der Waals surface area contributed by atoms with E-state index in [0.717, 1.165) is 10.2 Å². The maximum atomic E-state index is 12.3. The van der Waals surface area contributed by atoms with Gasteiger partial charge in [-0.2, -0.15) is 5.10 Å². The molecule has 2 amide bonds. The minimum atomic E-state index is -0.516. The molecule has 0 unspecified atom stereocenters. The van der Waals surface area contributed by atoms with Gasteiger partial charge in [-0.3, -0.25) is 14.3 Å². The van der Waals surface area contributed by atoms with Gasteiger partial charge in [0.05, 0.1) is 22.1 Å². The van der Waals surface area contributed by atoms with E-state index >= 15 is 0 Å². The van der Waals surface area contributed by atoms with Crippen molar-refractivity contribution in [3.63, 3.8) is 0 Å². The first-order chi connectivity index (χ1) is 12.6. The molecular formula is C17H13N5O3S. The number of nitrogens with one attached hydrogen (secondary N) is 1. The van der Waals surface area contributed by atoms with Crippen LogP contribution in [0.4, 0.5) is 5.69 Å². The van der Waals surface area contributed by atoms with Crippen LogP contribution in [0.1, 0.15) is 10.6 Å². The van der Waals surface area contributed by atoms with Crippen molar-refractivity contribution < 1.29 is 14.0 Å². The molecule has 4 aromatic rings. The third kappa shape index (κ3) is 3.20. The molecule has 0 atom stereocenters. The summed E-state index contributed by atoms with van der Waals surface area (Å²) in [4.78, 5) is 27.7. The predicted molar refractivity (Wildman–Crippen MR) is 96.7 cm³/mol. The quantitative estimate of drug-likeness (QED) is 0.562. The van der Waals surface area contributed by atoms with Crippen LogP contribution in [-0.4, -0.2) is 26.6 Å². The number of nitrogens with zero attached hydrogens (tertiary/aromatic N) is 3. The van der Waals surface area contributed by atoms with Crippen molar-refractivity contribution >= 4 is 39.1 Å². The van der Waals surface area contributed by atoms with Gasteiger partial charge in [0, 0.05) is 6.20 Å². The maximum absolute atomic E-state index is 12.3. The zero-order chi connectivity index (χ0) is 18.1. The number of para-hydroxylation sites is 1. The fourth-order valence-electron chi connectivity index (χ4n) is 2.42. The van der Waals surface area contributed by atoms with Crippen molar-refractivity contribution in [1.29, 1.82) is 0 Å². The Morgan fingerprint density at radius 2 is 2.08 bits per heavy atom. The van der Waals surface area contributed by atoms with Crippen LogP contribution in [0.25, 0.3) is 21.0 Å². The number of hydrogen-bond acceptors (Lipinski definition) is 6. The summed E-state index contributed by atoms with van der Waals surface area (Å²) >= 11 is 1.49. The Morgan fingerprint density at radius 3 is 2.88 bits per heavy atom. The highest BCUT2D eigenvalue weighted by atomic mass is 32.1. The summed E-state index contributed by atoms with van der Waals surface area (Å²) in [6.07, 6.45) is 2.94. The first-order valence-electron chi connectivity index (χ1n) is 7.66. The molecule has 0 fully saturated rings. The zero-order valence-corrected chi connectivity index (χ0v) is 14.2. The normalized spacial score (nSPS) is 10.9. The smallest absolute Gasteiger partial charge is 0.291 e. The SMILES string of the molecule is NC(=O)Cn1cc(NC(=O)c2ccc(-c3nc4ccccc4s3)o2)cn1. The van der Waals surface area contributed by atoms with Crippen LogP contribution in [0, 0.1) is 0 Å². The minimum absolute atomic E-state index is 0.0572. The lowest BCUT2D eigenvalue weighted by Crippen LogP contribution is -2.18. The van der Waals surface area contributed by atoms with E-state index in [1.807, 2.05) is 24.3 Å². The molecule has 3 heterocycles. The number of furan rings is 1. The van der Waals surface area contributed by atoms with Crippen LogP contribution in [0.3, 0.4) is 0 Å². The molecule has 3 N–H and O–H groups in total. The van der Waals surface area contributed by atoms with Crippen LogP contribution in [0.15, 0.2) is 53.2 Å². The van der Waals surface area contributed by atoms with Crippen molar-refractivity contribution in [2.24, 2.45) is 5.73 Å². The molecule has 0 aliphatic carbocycles. The van der Waals surface area contributed by atoms with Gasteiger partial charge in [-0.1, -0.05) is 12.1 Å². The van der Waals surface area contributed by atoms with Gasteiger partial charge in [0.15, 0.2) is 16.5 Å². The second kappa shape index (κ2) is 6.45. The number of aromatic nitrogens is 3. The number of hydrogen-bond donors (Lipinski definition) is 2. The van der Waals surface area contributed by atoms with Gasteiger partial charge in [0.25, 0.3) is 5.91 Å². The second-order valence-electron chi connectivity index (χ2n) is 5.50. The molecule has 0 bridgehead atoms. The average molecular weight is 367 g/mol. The molecular weight excluding hydrogens is 354 g/mol. The Bertz CT molecular complexity index is 1080. The van der Waals surface area contributed by atoms with Gasteiger partial charge in [0.2, 0.25) is 5.91 Å². The summed E-state index contributed by atoms with van der Waals surface area (Å²) in [5, 5.41) is 7.31. The van der Waals surface area contributed by atoms with Gasteiger partial charge < -0.3 is 15.5 Å². The van der Waals surface area contributed by atoms with E-state index in [1.54, 1.807) is 12.1 Å². The number of benzene rings is 1. The van der Waals surface area contributed by atoms with Crippen LogP contribution < -0.4 is 11.1 Å². The Balaban J connectivity index is 1.51. The molecule has 1 aromatic carbocycles. The van der Waals surface area contributed by atoms with Crippen LogP contribution in [0.5, 0.6) is 0 Å². The molecule has 0 aliphatic heterocycles. The fourth-order valence-corrected chi connectivity index (χ4v) is 3.35. The number of fused-ring (bicyclic) bond motifs is 1. The number of carbonyl (C=O) groups is 2. The van der Waals surface area contributed by atoms with Crippen molar-refractivity contribution in [3.05, 3.63) is 54.6 Å². The van der Waals surface area contributed by atoms with Crippen LogP contribution in [-0.2, 0) is 11.3 Å². The molecule has 0 saturated carbocycles. The Morgan fingerprint density at radius 1 is 1.23 bits per heavy atom. The molecule has 130 valence electrons. The predicted octanol–water partition coefficient (Wildman–Crippen LogP) is 2.49. The summed E-state index contributed by atoms with van der Waals surface area (Å²) in [5.74, 6) is -0.254. The molecule has 0 saturated heterocycles. The van der Waals surface area contributed by atoms with E-state index < -0.39 is 11.8 Å². The lowest BCUT2D eigenvalue weighted by atomic mass is 10.3. The molecule has 0 spiro atoms. The zero-order valence-electron chi connectivity index (χ0n) is 13.4. The maximum Gasteiger partial charge on any atom is 0.291 e.